The molecule has 6 heterocycles. The molecule has 424 valence electrons. The summed E-state index contributed by atoms with van der Waals surface area (Å²) in [6.45, 7) is 18.4. The number of pyridine rings is 6. The molecule has 4 aliphatic rings. The van der Waals surface area contributed by atoms with Crippen molar-refractivity contribution in [2.45, 2.75) is 106 Å². The van der Waals surface area contributed by atoms with E-state index in [1.54, 1.807) is 0 Å². The maximum atomic E-state index is 9.87. The first kappa shape index (κ1) is 62.8. The van der Waals surface area contributed by atoms with Crippen molar-refractivity contribution in [3.8, 4) is 57.3 Å². The Morgan fingerprint density at radius 3 is 0.855 bits per heavy atom. The Hall–Kier alpha value is -4.00. The smallest absolute Gasteiger partial charge is 1.00 e. The zero-order valence-electron chi connectivity index (χ0n) is 42.5. The predicted octanol–water partition coefficient (Wildman–Crippen LogP) is 19.0. The molecule has 0 aromatic carbocycles. The first-order valence-corrected chi connectivity index (χ1v) is 27.9. The molecule has 0 amide bonds. The molecule has 8 nitrogen and oxygen atoms in total. The van der Waals surface area contributed by atoms with E-state index in [-0.39, 0.29) is 67.8 Å². The number of aryl methyl sites for hydroxylation is 2. The third-order valence-electron chi connectivity index (χ3n) is 15.7. The molecule has 0 N–H and O–H groups in total. The van der Waals surface area contributed by atoms with Crippen LogP contribution in [0.25, 0.3) is 45.6 Å². The Balaban J connectivity index is 0.000000220. The fraction of sp³-hybridized carbons (Fsp3) is 0.423. The largest absolute Gasteiger partial charge is 1.00 e. The number of rotatable bonds is 8. The van der Waals surface area contributed by atoms with E-state index < -0.39 is 15.6 Å². The number of hydrogen-bond acceptors (Lipinski definition) is 8. The van der Waals surface area contributed by atoms with Crippen LogP contribution in [0.4, 0.5) is 50.4 Å². The van der Waals surface area contributed by atoms with E-state index in [0.717, 1.165) is 81.6 Å². The van der Waals surface area contributed by atoms with Gasteiger partial charge in [-0.3, -0.25) is 9.97 Å². The zero-order chi connectivity index (χ0) is 54.7. The van der Waals surface area contributed by atoms with Crippen LogP contribution in [0.2, 0.25) is 0 Å². The van der Waals surface area contributed by atoms with Gasteiger partial charge in [-0.25, -0.2) is 19.9 Å². The van der Waals surface area contributed by atoms with Crippen molar-refractivity contribution in [2.24, 2.45) is 33.5 Å². The monoisotopic (exact) mass is 1300 g/mol. The van der Waals surface area contributed by atoms with Gasteiger partial charge in [0, 0.05) is 34.4 Å². The van der Waals surface area contributed by atoms with Crippen molar-refractivity contribution in [2.75, 3.05) is 0 Å². The maximum Gasteiger partial charge on any atom is 1.00 e. The van der Waals surface area contributed by atoms with Gasteiger partial charge >= 0.3 is 111 Å². The van der Waals surface area contributed by atoms with Crippen LogP contribution >= 0.6 is 15.6 Å². The number of halogens is 12. The Morgan fingerprint density at radius 1 is 0.382 bits per heavy atom. The van der Waals surface area contributed by atoms with E-state index in [4.69, 9.17) is 29.4 Å². The van der Waals surface area contributed by atoms with Gasteiger partial charge in [0.15, 0.2) is 0 Å². The van der Waals surface area contributed by atoms with Crippen molar-refractivity contribution >= 4 is 15.6 Å². The molecule has 76 heavy (non-hydrogen) atoms. The van der Waals surface area contributed by atoms with Crippen LogP contribution < -0.4 is 9.47 Å². The van der Waals surface area contributed by atoms with Gasteiger partial charge in [-0.1, -0.05) is 77.9 Å². The molecule has 6 atom stereocenters. The minimum atomic E-state index is -10.7. The maximum absolute atomic E-state index is 10.7. The molecule has 10 rings (SSSR count). The molecule has 24 heteroatoms. The van der Waals surface area contributed by atoms with Crippen molar-refractivity contribution in [3.63, 3.8) is 0 Å². The standard InChI is InChI=1S/2C26H29N3O.2Ag.2F6P/c2*1-17-8-5-9-19(27-17)20-10-6-11-21(28-20)22-12-7-13-24(29-22)30-23-16-18-14-15-26(23,4)25(18,2)3;;;2*1-7(2,3,4,5)6/h2*5-13,18,23H,14-16H2,1-4H3;;;;/q;;2*+1;2*-1/t2*18-,23+,26+;;;;/m11..../s1. The third-order valence-corrected chi connectivity index (χ3v) is 15.7. The van der Waals surface area contributed by atoms with Crippen molar-refractivity contribution in [1.29, 1.82) is 0 Å². The van der Waals surface area contributed by atoms with Gasteiger partial charge in [-0.2, -0.15) is 0 Å². The topological polar surface area (TPSA) is 95.8 Å². The first-order chi connectivity index (χ1) is 33.6. The minimum absolute atomic E-state index is 0. The molecule has 0 radical (unpaired) electrons. The van der Waals surface area contributed by atoms with Gasteiger partial charge in [0.25, 0.3) is 0 Å². The molecule has 0 unspecified atom stereocenters. The van der Waals surface area contributed by atoms with E-state index in [2.05, 4.69) is 51.5 Å². The van der Waals surface area contributed by atoms with Gasteiger partial charge in [0.2, 0.25) is 11.8 Å². The number of aromatic nitrogens is 6. The average Bonchev–Trinajstić information content (AvgIpc) is 3.80. The molecular weight excluding hydrogens is 1250 g/mol. The molecule has 6 aromatic heterocycles. The van der Waals surface area contributed by atoms with Gasteiger partial charge < -0.3 is 9.47 Å². The number of nitrogens with zero attached hydrogens (tertiary/aromatic N) is 6. The second kappa shape index (κ2) is 20.6. The molecule has 0 spiro atoms. The Labute approximate surface area is 465 Å². The van der Waals surface area contributed by atoms with Crippen molar-refractivity contribution < 1.29 is 105 Å². The van der Waals surface area contributed by atoms with E-state index in [9.17, 15) is 50.4 Å². The van der Waals surface area contributed by atoms with Crippen LogP contribution in [0.5, 0.6) is 11.8 Å². The summed E-state index contributed by atoms with van der Waals surface area (Å²) < 4.78 is 131. The summed E-state index contributed by atoms with van der Waals surface area (Å²) in [7, 11) is -21.3. The SMILES string of the molecule is Cc1cccc(-c2cccc(-c3cccc(O[C@H]4C[C@H]5CC[C@]4(C)C5(C)C)n3)n2)n1.Cc1cccc(-c2cccc(-c3cccc(O[C@H]4C[C@H]5CC[C@]4(C)C5(C)C)n3)n2)n1.F[P-](F)(F)(F)(F)F.F[P-](F)(F)(F)(F)F.[Ag+].[Ag+]. The van der Waals surface area contributed by atoms with E-state index >= 15 is 0 Å². The molecule has 4 aliphatic carbocycles. The summed E-state index contributed by atoms with van der Waals surface area (Å²) in [5, 5.41) is 0. The normalized spacial score (nSPS) is 25.3. The summed E-state index contributed by atoms with van der Waals surface area (Å²) in [6.07, 6.45) is 7.82. The third kappa shape index (κ3) is 16.5. The van der Waals surface area contributed by atoms with Crippen LogP contribution in [0.1, 0.15) is 91.5 Å². The van der Waals surface area contributed by atoms with E-state index in [1.165, 1.54) is 25.7 Å². The summed E-state index contributed by atoms with van der Waals surface area (Å²) >= 11 is 0. The van der Waals surface area contributed by atoms with Gasteiger partial charge in [0.05, 0.1) is 45.6 Å². The van der Waals surface area contributed by atoms with Crippen molar-refractivity contribution in [1.82, 2.24) is 29.9 Å². The minimum Gasteiger partial charge on any atom is 1.00 e. The van der Waals surface area contributed by atoms with Crippen LogP contribution in [0, 0.1) is 47.3 Å². The number of fused-ring (bicyclic) bond motifs is 4. The zero-order valence-corrected chi connectivity index (χ0v) is 47.2. The molecular formula is C52H58Ag2F12N6O2P2. The number of ether oxygens (including phenoxy) is 2. The van der Waals surface area contributed by atoms with Gasteiger partial charge in [-0.15, -0.1) is 0 Å². The summed E-state index contributed by atoms with van der Waals surface area (Å²) in [4.78, 5) is 28.5. The molecule has 4 bridgehead atoms. The quantitative estimate of drug-likeness (QED) is 0.0845. The second-order valence-electron chi connectivity index (χ2n) is 21.2. The Morgan fingerprint density at radius 2 is 0.618 bits per heavy atom. The molecule has 4 saturated carbocycles. The fourth-order valence-electron chi connectivity index (χ4n) is 11.0. The first-order valence-electron chi connectivity index (χ1n) is 23.9. The van der Waals surface area contributed by atoms with E-state index in [1.807, 2.05) is 123 Å². The molecule has 0 aliphatic heterocycles. The fourth-order valence-corrected chi connectivity index (χ4v) is 11.0. The Kier molecular flexibility index (Phi) is 17.0. The van der Waals surface area contributed by atoms with Crippen LogP contribution in [-0.2, 0) is 44.8 Å². The summed E-state index contributed by atoms with van der Waals surface area (Å²) in [6, 6.07) is 35.9. The summed E-state index contributed by atoms with van der Waals surface area (Å²) in [5.41, 5.74) is 9.82. The Bertz CT molecular complexity index is 2830. The molecule has 6 aromatic rings. The average molecular weight is 1300 g/mol. The number of hydrogen-bond donors (Lipinski definition) is 0. The molecule has 0 saturated heterocycles. The van der Waals surface area contributed by atoms with Crippen molar-refractivity contribution in [3.05, 3.63) is 121 Å². The van der Waals surface area contributed by atoms with E-state index in [0.29, 0.717) is 22.6 Å². The van der Waals surface area contributed by atoms with Gasteiger partial charge in [0.1, 0.15) is 12.2 Å². The second-order valence-corrected chi connectivity index (χ2v) is 25.1. The predicted molar refractivity (Wildman–Crippen MR) is 265 cm³/mol. The van der Waals surface area contributed by atoms with Crippen LogP contribution in [0.3, 0.4) is 0 Å². The van der Waals surface area contributed by atoms with Crippen LogP contribution in [0.15, 0.2) is 109 Å². The summed E-state index contributed by atoms with van der Waals surface area (Å²) in [5.74, 6) is 2.89. The van der Waals surface area contributed by atoms with Gasteiger partial charge in [-0.05, 0) is 136 Å². The molecule has 4 fully saturated rings. The van der Waals surface area contributed by atoms with Crippen LogP contribution in [-0.4, -0.2) is 42.1 Å².